The second kappa shape index (κ2) is 7.67. The molecule has 0 N–H and O–H groups in total. The molecule has 2 heterocycles. The smallest absolute Gasteiger partial charge is 0.332 e. The maximum Gasteiger partial charge on any atom is 0.332 e. The predicted octanol–water partition coefficient (Wildman–Crippen LogP) is 0.709. The fourth-order valence-electron chi connectivity index (χ4n) is 2.57. The summed E-state index contributed by atoms with van der Waals surface area (Å²) in [6.07, 6.45) is 1.33. The lowest BCUT2D eigenvalue weighted by molar-refractivity contribution is -0.145. The van der Waals surface area contributed by atoms with Gasteiger partial charge in [0, 0.05) is 19.1 Å². The zero-order chi connectivity index (χ0) is 19.6. The van der Waals surface area contributed by atoms with Crippen LogP contribution in [0.25, 0.3) is 11.2 Å². The second-order valence-corrected chi connectivity index (χ2v) is 6.21. The molecule has 0 unspecified atom stereocenters. The maximum absolute atomic E-state index is 12.3. The average molecular weight is 393 g/mol. The molecule has 3 aromatic rings. The molecule has 0 spiro atoms. The standard InChI is InChI=1S/C17H17ClN4O5/c1-20-15-14(16(24)21(2)17(20)25)22(10-19-15)9-13(23)27-7-6-26-12-5-3-4-11(18)8-12/h3-5,8,10H,6-7,9H2,1-2H3. The van der Waals surface area contributed by atoms with Crippen LogP contribution in [0.2, 0.25) is 5.02 Å². The van der Waals surface area contributed by atoms with Crippen molar-refractivity contribution in [2.75, 3.05) is 13.2 Å². The van der Waals surface area contributed by atoms with Gasteiger partial charge in [0.1, 0.15) is 25.5 Å². The molecule has 0 fully saturated rings. The largest absolute Gasteiger partial charge is 0.490 e. The molecule has 0 aliphatic rings. The predicted molar refractivity (Wildman–Crippen MR) is 98.1 cm³/mol. The molecule has 9 nitrogen and oxygen atoms in total. The molecule has 0 radical (unpaired) electrons. The van der Waals surface area contributed by atoms with Crippen LogP contribution in [-0.2, 0) is 30.2 Å². The molecule has 0 bridgehead atoms. The van der Waals surface area contributed by atoms with Crippen LogP contribution in [0.5, 0.6) is 5.75 Å². The number of aromatic nitrogens is 4. The van der Waals surface area contributed by atoms with Crippen molar-refractivity contribution in [3.8, 4) is 5.75 Å². The summed E-state index contributed by atoms with van der Waals surface area (Å²) in [6.45, 7) is -0.0113. The van der Waals surface area contributed by atoms with E-state index in [1.54, 1.807) is 24.3 Å². The SMILES string of the molecule is Cn1c(=O)c2c(ncn2CC(=O)OCCOc2cccc(Cl)c2)n(C)c1=O. The van der Waals surface area contributed by atoms with E-state index >= 15 is 0 Å². The van der Waals surface area contributed by atoms with Gasteiger partial charge in [0.05, 0.1) is 6.33 Å². The molecule has 0 saturated carbocycles. The van der Waals surface area contributed by atoms with Crippen molar-refractivity contribution < 1.29 is 14.3 Å². The van der Waals surface area contributed by atoms with Gasteiger partial charge in [-0.15, -0.1) is 0 Å². The quantitative estimate of drug-likeness (QED) is 0.452. The highest BCUT2D eigenvalue weighted by atomic mass is 35.5. The molecule has 2 aromatic heterocycles. The van der Waals surface area contributed by atoms with Crippen LogP contribution in [-0.4, -0.2) is 37.9 Å². The summed E-state index contributed by atoms with van der Waals surface area (Å²) >= 11 is 5.86. The van der Waals surface area contributed by atoms with Gasteiger partial charge in [-0.2, -0.15) is 0 Å². The number of hydrogen-bond acceptors (Lipinski definition) is 6. The highest BCUT2D eigenvalue weighted by Crippen LogP contribution is 2.16. The summed E-state index contributed by atoms with van der Waals surface area (Å²) < 4.78 is 14.1. The lowest BCUT2D eigenvalue weighted by atomic mass is 10.3. The minimum atomic E-state index is -0.556. The number of benzene rings is 1. The first-order valence-electron chi connectivity index (χ1n) is 8.03. The molecule has 0 aliphatic heterocycles. The third-order valence-electron chi connectivity index (χ3n) is 3.93. The Kier molecular flexibility index (Phi) is 5.31. The molecular formula is C17H17ClN4O5. The highest BCUT2D eigenvalue weighted by molar-refractivity contribution is 6.30. The van der Waals surface area contributed by atoms with Crippen molar-refractivity contribution in [2.45, 2.75) is 6.54 Å². The Morgan fingerprint density at radius 1 is 1.19 bits per heavy atom. The molecule has 3 rings (SSSR count). The molecule has 10 heteroatoms. The van der Waals surface area contributed by atoms with E-state index < -0.39 is 17.2 Å². The second-order valence-electron chi connectivity index (χ2n) is 5.78. The Morgan fingerprint density at radius 3 is 2.70 bits per heavy atom. The van der Waals surface area contributed by atoms with E-state index in [0.717, 1.165) is 4.57 Å². The van der Waals surface area contributed by atoms with Crippen molar-refractivity contribution in [1.82, 2.24) is 18.7 Å². The van der Waals surface area contributed by atoms with Gasteiger partial charge in [-0.3, -0.25) is 18.7 Å². The Morgan fingerprint density at radius 2 is 1.96 bits per heavy atom. The van der Waals surface area contributed by atoms with Crippen LogP contribution in [0.4, 0.5) is 0 Å². The molecule has 0 amide bonds. The van der Waals surface area contributed by atoms with Crippen molar-refractivity contribution in [3.05, 3.63) is 56.5 Å². The minimum Gasteiger partial charge on any atom is -0.490 e. The third-order valence-corrected chi connectivity index (χ3v) is 4.16. The van der Waals surface area contributed by atoms with E-state index in [-0.39, 0.29) is 30.9 Å². The number of esters is 1. The van der Waals surface area contributed by atoms with E-state index in [2.05, 4.69) is 4.98 Å². The lowest BCUT2D eigenvalue weighted by Crippen LogP contribution is -2.37. The van der Waals surface area contributed by atoms with Gasteiger partial charge in [0.2, 0.25) is 0 Å². The topological polar surface area (TPSA) is 97.3 Å². The van der Waals surface area contributed by atoms with E-state index in [0.29, 0.717) is 10.8 Å². The summed E-state index contributed by atoms with van der Waals surface area (Å²) in [5.41, 5.74) is -0.645. The summed E-state index contributed by atoms with van der Waals surface area (Å²) in [7, 11) is 2.87. The van der Waals surface area contributed by atoms with Gasteiger partial charge in [-0.05, 0) is 18.2 Å². The van der Waals surface area contributed by atoms with E-state index in [1.165, 1.54) is 29.6 Å². The van der Waals surface area contributed by atoms with Crippen molar-refractivity contribution in [3.63, 3.8) is 0 Å². The molecule has 0 aliphatic carbocycles. The molecule has 1 aromatic carbocycles. The van der Waals surface area contributed by atoms with Gasteiger partial charge >= 0.3 is 11.7 Å². The minimum absolute atomic E-state index is 0.0362. The van der Waals surface area contributed by atoms with Gasteiger partial charge in [0.15, 0.2) is 11.2 Å². The van der Waals surface area contributed by atoms with Crippen LogP contribution in [0.15, 0.2) is 40.2 Å². The number of hydrogen-bond donors (Lipinski definition) is 0. The van der Waals surface area contributed by atoms with Crippen LogP contribution in [0, 0.1) is 0 Å². The van der Waals surface area contributed by atoms with Gasteiger partial charge < -0.3 is 14.0 Å². The summed E-state index contributed by atoms with van der Waals surface area (Å²) in [5.74, 6) is 0.0171. The Labute approximate surface area is 158 Å². The highest BCUT2D eigenvalue weighted by Gasteiger charge is 2.16. The molecule has 27 heavy (non-hydrogen) atoms. The number of carbonyl (C=O) groups is 1. The fraction of sp³-hybridized carbons (Fsp3) is 0.294. The Balaban J connectivity index is 1.63. The molecule has 0 atom stereocenters. The number of rotatable bonds is 6. The summed E-state index contributed by atoms with van der Waals surface area (Å²) in [6, 6.07) is 6.87. The molecule has 142 valence electrons. The van der Waals surface area contributed by atoms with Crippen LogP contribution >= 0.6 is 11.6 Å². The number of carbonyl (C=O) groups excluding carboxylic acids is 1. The first-order valence-corrected chi connectivity index (χ1v) is 8.41. The van der Waals surface area contributed by atoms with Crippen LogP contribution < -0.4 is 16.0 Å². The van der Waals surface area contributed by atoms with Crippen LogP contribution in [0.3, 0.4) is 0 Å². The maximum atomic E-state index is 12.3. The summed E-state index contributed by atoms with van der Waals surface area (Å²) in [5, 5.41) is 0.549. The monoisotopic (exact) mass is 392 g/mol. The van der Waals surface area contributed by atoms with Crippen molar-refractivity contribution in [1.29, 1.82) is 0 Å². The third kappa shape index (κ3) is 3.87. The normalized spacial score (nSPS) is 10.9. The number of halogens is 1. The average Bonchev–Trinajstić information content (AvgIpc) is 3.05. The van der Waals surface area contributed by atoms with Gasteiger partial charge in [0.25, 0.3) is 5.56 Å². The molecular weight excluding hydrogens is 376 g/mol. The van der Waals surface area contributed by atoms with E-state index in [9.17, 15) is 14.4 Å². The van der Waals surface area contributed by atoms with Crippen molar-refractivity contribution in [2.24, 2.45) is 14.1 Å². The number of aryl methyl sites for hydroxylation is 1. The number of imidazole rings is 1. The Bertz CT molecular complexity index is 1110. The van der Waals surface area contributed by atoms with Gasteiger partial charge in [-0.1, -0.05) is 17.7 Å². The van der Waals surface area contributed by atoms with Crippen LogP contribution in [0.1, 0.15) is 0 Å². The Hall–Kier alpha value is -3.07. The first kappa shape index (κ1) is 18.7. The lowest BCUT2D eigenvalue weighted by Gasteiger charge is -2.09. The van der Waals surface area contributed by atoms with Gasteiger partial charge in [-0.25, -0.2) is 9.78 Å². The van der Waals surface area contributed by atoms with Crippen molar-refractivity contribution >= 4 is 28.7 Å². The zero-order valence-corrected chi connectivity index (χ0v) is 15.5. The number of nitrogens with zero attached hydrogens (tertiary/aromatic N) is 4. The first-order chi connectivity index (χ1) is 12.9. The number of fused-ring (bicyclic) bond motifs is 1. The zero-order valence-electron chi connectivity index (χ0n) is 14.7. The summed E-state index contributed by atoms with van der Waals surface area (Å²) in [4.78, 5) is 40.3. The molecule has 0 saturated heterocycles. The fourth-order valence-corrected chi connectivity index (χ4v) is 2.75. The van der Waals surface area contributed by atoms with E-state index in [4.69, 9.17) is 21.1 Å². The number of ether oxygens (including phenoxy) is 2. The van der Waals surface area contributed by atoms with E-state index in [1.807, 2.05) is 0 Å².